The third kappa shape index (κ3) is 1.47. The summed E-state index contributed by atoms with van der Waals surface area (Å²) in [5.41, 5.74) is 6.10. The van der Waals surface area contributed by atoms with Crippen molar-refractivity contribution in [3.8, 4) is 0 Å². The molecule has 2 bridgehead atoms. The third-order valence-electron chi connectivity index (χ3n) is 4.15. The molecule has 3 nitrogen and oxygen atoms in total. The molecule has 1 aliphatic carbocycles. The molecule has 0 aromatic heterocycles. The van der Waals surface area contributed by atoms with Crippen LogP contribution in [0.25, 0.3) is 0 Å². The third-order valence-corrected chi connectivity index (χ3v) is 4.15. The highest BCUT2D eigenvalue weighted by atomic mass is 16.5. The maximum Gasteiger partial charge on any atom is 0.0410 e. The molecular weight excluding hydrogens is 176 g/mol. The Bertz CT molecular complexity index is 227. The summed E-state index contributed by atoms with van der Waals surface area (Å²) >= 11 is 0. The summed E-state index contributed by atoms with van der Waals surface area (Å²) in [6, 6.07) is 0.665. The van der Waals surface area contributed by atoms with Gasteiger partial charge in [0.25, 0.3) is 0 Å². The molecule has 0 spiro atoms. The maximum atomic E-state index is 10.0. The van der Waals surface area contributed by atoms with Crippen molar-refractivity contribution in [2.45, 2.75) is 57.7 Å². The molecule has 82 valence electrons. The average Bonchev–Trinajstić information content (AvgIpc) is 2.09. The Labute approximate surface area is 86.2 Å². The lowest BCUT2D eigenvalue weighted by Gasteiger charge is -2.53. The highest BCUT2D eigenvalue weighted by molar-refractivity contribution is 4.99. The zero-order valence-corrected chi connectivity index (χ0v) is 9.40. The second-order valence-electron chi connectivity index (χ2n) is 5.80. The van der Waals surface area contributed by atoms with E-state index in [0.717, 1.165) is 19.3 Å². The highest BCUT2D eigenvalue weighted by Crippen LogP contribution is 2.42. The summed E-state index contributed by atoms with van der Waals surface area (Å²) in [7, 11) is 0. The lowest BCUT2D eigenvalue weighted by molar-refractivity contribution is -0.234. The van der Waals surface area contributed by atoms with Gasteiger partial charge in [0.15, 0.2) is 0 Å². The molecule has 1 heterocycles. The summed E-state index contributed by atoms with van der Waals surface area (Å²) in [6.45, 7) is 6.42. The first-order valence-electron chi connectivity index (χ1n) is 5.65. The van der Waals surface area contributed by atoms with Gasteiger partial charge in [0.05, 0.1) is 0 Å². The van der Waals surface area contributed by atoms with Gasteiger partial charge in [-0.05, 0) is 44.9 Å². The predicted octanol–water partition coefficient (Wildman–Crippen LogP) is 1.60. The van der Waals surface area contributed by atoms with Crippen molar-refractivity contribution in [3.05, 3.63) is 0 Å². The molecule has 1 saturated carbocycles. The molecule has 0 radical (unpaired) electrons. The molecule has 0 amide bonds. The summed E-state index contributed by atoms with van der Waals surface area (Å²) in [5.74, 6) is 1.15. The number of piperidine rings is 1. The Morgan fingerprint density at radius 1 is 1.36 bits per heavy atom. The molecule has 4 atom stereocenters. The molecule has 3 N–H and O–H groups in total. The van der Waals surface area contributed by atoms with E-state index in [1.165, 1.54) is 0 Å². The highest BCUT2D eigenvalue weighted by Gasteiger charge is 2.46. The quantitative estimate of drug-likeness (QED) is 0.621. The molecule has 0 aromatic carbocycles. The van der Waals surface area contributed by atoms with Crippen molar-refractivity contribution < 1.29 is 5.21 Å². The van der Waals surface area contributed by atoms with E-state index in [-0.39, 0.29) is 5.54 Å². The van der Waals surface area contributed by atoms with Gasteiger partial charge in [0.1, 0.15) is 0 Å². The van der Waals surface area contributed by atoms with Crippen molar-refractivity contribution in [1.29, 1.82) is 0 Å². The molecule has 2 fully saturated rings. The van der Waals surface area contributed by atoms with E-state index in [1.807, 2.05) is 0 Å². The van der Waals surface area contributed by atoms with Crippen LogP contribution in [0.4, 0.5) is 0 Å². The van der Waals surface area contributed by atoms with Gasteiger partial charge >= 0.3 is 0 Å². The number of nitrogens with zero attached hydrogens (tertiary/aromatic N) is 1. The zero-order chi connectivity index (χ0) is 10.5. The number of rotatable bonds is 0. The molecule has 14 heavy (non-hydrogen) atoms. The number of hydrogen-bond donors (Lipinski definition) is 2. The normalized spacial score (nSPS) is 47.8. The second kappa shape index (κ2) is 3.19. The standard InChI is InChI=1S/C11H22N2O/c1-7-4-9-5-8(10(7)12)6-11(2,3)13(9)14/h7-10,14H,4-6,12H2,1-3H3. The van der Waals surface area contributed by atoms with Gasteiger partial charge in [-0.3, -0.25) is 0 Å². The van der Waals surface area contributed by atoms with E-state index >= 15 is 0 Å². The fraction of sp³-hybridized carbons (Fsp3) is 1.00. The summed E-state index contributed by atoms with van der Waals surface area (Å²) in [6.07, 6.45) is 3.13. The molecule has 1 saturated heterocycles. The van der Waals surface area contributed by atoms with Crippen LogP contribution in [0.15, 0.2) is 0 Å². The molecular formula is C11H22N2O. The number of hydrogen-bond acceptors (Lipinski definition) is 3. The molecule has 1 aliphatic heterocycles. The topological polar surface area (TPSA) is 49.5 Å². The summed E-state index contributed by atoms with van der Waals surface area (Å²) < 4.78 is 0. The first-order chi connectivity index (χ1) is 6.42. The number of fused-ring (bicyclic) bond motifs is 2. The van der Waals surface area contributed by atoms with E-state index in [0.29, 0.717) is 23.9 Å². The Hall–Kier alpha value is -0.120. The molecule has 2 aliphatic rings. The van der Waals surface area contributed by atoms with E-state index in [4.69, 9.17) is 5.73 Å². The fourth-order valence-corrected chi connectivity index (χ4v) is 3.30. The predicted molar refractivity (Wildman–Crippen MR) is 56.0 cm³/mol. The minimum atomic E-state index is -0.0919. The summed E-state index contributed by atoms with van der Waals surface area (Å²) in [5, 5.41) is 11.6. The van der Waals surface area contributed by atoms with Crippen LogP contribution in [-0.4, -0.2) is 27.9 Å². The minimum absolute atomic E-state index is 0.0919. The molecule has 3 heteroatoms. The maximum absolute atomic E-state index is 10.0. The van der Waals surface area contributed by atoms with Gasteiger partial charge in [-0.1, -0.05) is 6.92 Å². The van der Waals surface area contributed by atoms with Crippen molar-refractivity contribution in [1.82, 2.24) is 5.06 Å². The lowest BCUT2D eigenvalue weighted by atomic mass is 9.67. The van der Waals surface area contributed by atoms with E-state index in [9.17, 15) is 5.21 Å². The SMILES string of the molecule is CC1CC2CC(CC(C)(C)N2O)C1N. The molecule has 4 unspecified atom stereocenters. The van der Waals surface area contributed by atoms with Gasteiger partial charge in [-0.25, -0.2) is 0 Å². The van der Waals surface area contributed by atoms with Crippen molar-refractivity contribution >= 4 is 0 Å². The van der Waals surface area contributed by atoms with Gasteiger partial charge in [0, 0.05) is 17.6 Å². The largest absolute Gasteiger partial charge is 0.327 e. The first kappa shape index (κ1) is 10.4. The Kier molecular flexibility index (Phi) is 2.37. The van der Waals surface area contributed by atoms with Gasteiger partial charge in [-0.2, -0.15) is 5.06 Å². The van der Waals surface area contributed by atoms with E-state index in [1.54, 1.807) is 5.06 Å². The van der Waals surface area contributed by atoms with Crippen molar-refractivity contribution in [2.24, 2.45) is 17.6 Å². The molecule has 2 rings (SSSR count). The summed E-state index contributed by atoms with van der Waals surface area (Å²) in [4.78, 5) is 0. The van der Waals surface area contributed by atoms with Crippen LogP contribution in [0.3, 0.4) is 0 Å². The van der Waals surface area contributed by atoms with Gasteiger partial charge < -0.3 is 10.9 Å². The average molecular weight is 198 g/mol. The molecule has 0 aromatic rings. The van der Waals surface area contributed by atoms with Crippen LogP contribution in [-0.2, 0) is 0 Å². The number of hydroxylamine groups is 2. The first-order valence-corrected chi connectivity index (χ1v) is 5.65. The smallest absolute Gasteiger partial charge is 0.0410 e. The minimum Gasteiger partial charge on any atom is -0.327 e. The lowest BCUT2D eigenvalue weighted by Crippen LogP contribution is -2.61. The van der Waals surface area contributed by atoms with Crippen LogP contribution in [0.2, 0.25) is 0 Å². The monoisotopic (exact) mass is 198 g/mol. The van der Waals surface area contributed by atoms with Crippen LogP contribution < -0.4 is 5.73 Å². The van der Waals surface area contributed by atoms with Crippen LogP contribution in [0, 0.1) is 11.8 Å². The Morgan fingerprint density at radius 3 is 2.64 bits per heavy atom. The van der Waals surface area contributed by atoms with E-state index < -0.39 is 0 Å². The van der Waals surface area contributed by atoms with Gasteiger partial charge in [-0.15, -0.1) is 0 Å². The van der Waals surface area contributed by atoms with E-state index in [2.05, 4.69) is 20.8 Å². The Balaban J connectivity index is 2.19. The zero-order valence-electron chi connectivity index (χ0n) is 9.40. The van der Waals surface area contributed by atoms with Crippen LogP contribution in [0.1, 0.15) is 40.0 Å². The van der Waals surface area contributed by atoms with Crippen molar-refractivity contribution in [3.63, 3.8) is 0 Å². The second-order valence-corrected chi connectivity index (χ2v) is 5.80. The van der Waals surface area contributed by atoms with Gasteiger partial charge in [0.2, 0.25) is 0 Å². The van der Waals surface area contributed by atoms with Crippen LogP contribution >= 0.6 is 0 Å². The van der Waals surface area contributed by atoms with Crippen molar-refractivity contribution in [2.75, 3.05) is 0 Å². The fourth-order valence-electron chi connectivity index (χ4n) is 3.30. The number of nitrogens with two attached hydrogens (primary N) is 1. The Morgan fingerprint density at radius 2 is 2.00 bits per heavy atom. The van der Waals surface area contributed by atoms with Crippen LogP contribution in [0.5, 0.6) is 0 Å².